The predicted octanol–water partition coefficient (Wildman–Crippen LogP) is 0.867. The zero-order chi connectivity index (χ0) is 17.5. The van der Waals surface area contributed by atoms with Crippen LogP contribution >= 0.6 is 0 Å². The van der Waals surface area contributed by atoms with E-state index in [-0.39, 0.29) is 0 Å². The highest BCUT2D eigenvalue weighted by atomic mass is 19.4. The Hall–Kier alpha value is -1.61. The summed E-state index contributed by atoms with van der Waals surface area (Å²) in [5.74, 6) is -1.27. The molecule has 2 fully saturated rings. The molecule has 9 heteroatoms. The number of carbonyl (C=O) groups excluding carboxylic acids is 1. The lowest BCUT2D eigenvalue weighted by Gasteiger charge is -2.37. The fraction of sp³-hybridized carbons (Fsp3) is 0.733. The van der Waals surface area contributed by atoms with Gasteiger partial charge in [-0.3, -0.25) is 9.69 Å². The Labute approximate surface area is 137 Å². The minimum absolute atomic E-state index is 0.393. The molecule has 134 valence electrons. The first kappa shape index (κ1) is 17.2. The van der Waals surface area contributed by atoms with Gasteiger partial charge in [0.1, 0.15) is 0 Å². The van der Waals surface area contributed by atoms with Gasteiger partial charge in [-0.05, 0) is 12.8 Å². The SMILES string of the molecule is Cn1ccnc1C(O)(CC(=O)N1CCN(C2CC2)CC1)C(F)(F)F. The molecule has 1 atom stereocenters. The fourth-order valence-corrected chi connectivity index (χ4v) is 3.18. The number of nitrogens with zero attached hydrogens (tertiary/aromatic N) is 4. The van der Waals surface area contributed by atoms with Gasteiger partial charge in [-0.1, -0.05) is 0 Å². The van der Waals surface area contributed by atoms with Crippen LogP contribution in [0.5, 0.6) is 0 Å². The largest absolute Gasteiger partial charge is 0.425 e. The molecule has 1 amide bonds. The molecule has 1 aliphatic heterocycles. The van der Waals surface area contributed by atoms with Crippen LogP contribution in [0.3, 0.4) is 0 Å². The second-order valence-electron chi connectivity index (χ2n) is 6.54. The third-order valence-corrected chi connectivity index (χ3v) is 4.80. The van der Waals surface area contributed by atoms with Crippen LogP contribution in [-0.4, -0.2) is 68.8 Å². The van der Waals surface area contributed by atoms with Crippen molar-refractivity contribution >= 4 is 5.91 Å². The summed E-state index contributed by atoms with van der Waals surface area (Å²) in [6.45, 7) is 2.13. The van der Waals surface area contributed by atoms with E-state index < -0.39 is 29.9 Å². The number of aliphatic hydroxyl groups is 1. The summed E-state index contributed by atoms with van der Waals surface area (Å²) in [6, 6.07) is 0.571. The van der Waals surface area contributed by atoms with Gasteiger partial charge in [-0.25, -0.2) is 4.98 Å². The number of amides is 1. The second kappa shape index (κ2) is 6.03. The van der Waals surface area contributed by atoms with E-state index in [1.165, 1.54) is 24.3 Å². The summed E-state index contributed by atoms with van der Waals surface area (Å²) >= 11 is 0. The van der Waals surface area contributed by atoms with Crippen LogP contribution in [0.1, 0.15) is 25.1 Å². The third kappa shape index (κ3) is 3.14. The van der Waals surface area contributed by atoms with Crippen molar-refractivity contribution in [2.24, 2.45) is 7.05 Å². The number of carbonyl (C=O) groups is 1. The number of piperazine rings is 1. The normalized spacial score (nSPS) is 22.5. The maximum absolute atomic E-state index is 13.5. The molecule has 1 N–H and O–H groups in total. The van der Waals surface area contributed by atoms with Crippen molar-refractivity contribution in [2.75, 3.05) is 26.2 Å². The van der Waals surface area contributed by atoms with Crippen LogP contribution in [0.2, 0.25) is 0 Å². The number of rotatable bonds is 4. The summed E-state index contributed by atoms with van der Waals surface area (Å²) in [6.07, 6.45) is -1.25. The van der Waals surface area contributed by atoms with Crippen LogP contribution in [0.15, 0.2) is 12.4 Å². The molecule has 1 aliphatic carbocycles. The van der Waals surface area contributed by atoms with E-state index in [1.807, 2.05) is 0 Å². The molecular weight excluding hydrogens is 325 g/mol. The number of imidazole rings is 1. The van der Waals surface area contributed by atoms with Gasteiger partial charge < -0.3 is 14.6 Å². The first-order valence-electron chi connectivity index (χ1n) is 8.01. The molecule has 1 aromatic rings. The molecule has 0 aromatic carbocycles. The van der Waals surface area contributed by atoms with Gasteiger partial charge in [0, 0.05) is 51.7 Å². The zero-order valence-electron chi connectivity index (χ0n) is 13.5. The number of alkyl halides is 3. The molecule has 6 nitrogen and oxygen atoms in total. The van der Waals surface area contributed by atoms with Gasteiger partial charge in [0.2, 0.25) is 11.5 Å². The molecule has 1 saturated carbocycles. The Bertz CT molecular complexity index is 606. The minimum Gasteiger partial charge on any atom is -0.374 e. The van der Waals surface area contributed by atoms with Gasteiger partial charge in [0.15, 0.2) is 5.82 Å². The smallest absolute Gasteiger partial charge is 0.374 e. The van der Waals surface area contributed by atoms with Crippen LogP contribution in [0, 0.1) is 0 Å². The highest BCUT2D eigenvalue weighted by molar-refractivity contribution is 5.77. The van der Waals surface area contributed by atoms with Crippen molar-refractivity contribution in [3.05, 3.63) is 18.2 Å². The maximum Gasteiger partial charge on any atom is 0.425 e. The first-order chi connectivity index (χ1) is 11.2. The standard InChI is InChI=1S/C15H21F3N4O2/c1-20-5-4-19-13(20)14(24,15(16,17)18)10-12(23)22-8-6-21(7-9-22)11-2-3-11/h4-5,11,24H,2-3,6-10H2,1H3. The maximum atomic E-state index is 13.5. The summed E-state index contributed by atoms with van der Waals surface area (Å²) in [5, 5.41) is 10.3. The minimum atomic E-state index is -4.99. The Morgan fingerprint density at radius 2 is 1.92 bits per heavy atom. The average Bonchev–Trinajstić information content (AvgIpc) is 3.27. The van der Waals surface area contributed by atoms with E-state index >= 15 is 0 Å². The topological polar surface area (TPSA) is 61.6 Å². The molecule has 1 saturated heterocycles. The number of halogens is 3. The van der Waals surface area contributed by atoms with Crippen molar-refractivity contribution in [2.45, 2.75) is 37.1 Å². The van der Waals surface area contributed by atoms with Gasteiger partial charge in [-0.2, -0.15) is 13.2 Å². The zero-order valence-corrected chi connectivity index (χ0v) is 13.5. The van der Waals surface area contributed by atoms with Crippen molar-refractivity contribution in [1.29, 1.82) is 0 Å². The number of hydrogen-bond donors (Lipinski definition) is 1. The lowest BCUT2D eigenvalue weighted by atomic mass is 9.96. The van der Waals surface area contributed by atoms with Crippen LogP contribution in [0.4, 0.5) is 13.2 Å². The molecular formula is C15H21F3N4O2. The fourth-order valence-electron chi connectivity index (χ4n) is 3.18. The van der Waals surface area contributed by atoms with Gasteiger partial charge in [0.05, 0.1) is 6.42 Å². The van der Waals surface area contributed by atoms with E-state index in [0.717, 1.165) is 17.4 Å². The van der Waals surface area contributed by atoms with E-state index in [9.17, 15) is 23.1 Å². The molecule has 0 bridgehead atoms. The quantitative estimate of drug-likeness (QED) is 0.879. The molecule has 2 heterocycles. The Kier molecular flexibility index (Phi) is 4.33. The summed E-state index contributed by atoms with van der Waals surface area (Å²) in [7, 11) is 1.36. The van der Waals surface area contributed by atoms with Crippen molar-refractivity contribution in [1.82, 2.24) is 19.4 Å². The van der Waals surface area contributed by atoms with Crippen molar-refractivity contribution in [3.63, 3.8) is 0 Å². The Morgan fingerprint density at radius 3 is 2.38 bits per heavy atom. The molecule has 1 unspecified atom stereocenters. The van der Waals surface area contributed by atoms with Gasteiger partial charge >= 0.3 is 6.18 Å². The monoisotopic (exact) mass is 346 g/mol. The summed E-state index contributed by atoms with van der Waals surface area (Å²) in [4.78, 5) is 19.6. The summed E-state index contributed by atoms with van der Waals surface area (Å²) in [5.41, 5.74) is -3.28. The molecule has 0 radical (unpaired) electrons. The highest BCUT2D eigenvalue weighted by Gasteiger charge is 2.59. The Balaban J connectivity index is 1.71. The van der Waals surface area contributed by atoms with Crippen molar-refractivity contribution in [3.8, 4) is 0 Å². The molecule has 3 rings (SSSR count). The number of hydrogen-bond acceptors (Lipinski definition) is 4. The van der Waals surface area contributed by atoms with E-state index in [1.54, 1.807) is 0 Å². The predicted molar refractivity (Wildman–Crippen MR) is 79.0 cm³/mol. The number of aromatic nitrogens is 2. The van der Waals surface area contributed by atoms with E-state index in [0.29, 0.717) is 32.2 Å². The molecule has 0 spiro atoms. The molecule has 2 aliphatic rings. The average molecular weight is 346 g/mol. The molecule has 24 heavy (non-hydrogen) atoms. The third-order valence-electron chi connectivity index (χ3n) is 4.80. The molecule has 1 aromatic heterocycles. The second-order valence-corrected chi connectivity index (χ2v) is 6.54. The summed E-state index contributed by atoms with van der Waals surface area (Å²) < 4.78 is 41.5. The highest BCUT2D eigenvalue weighted by Crippen LogP contribution is 2.41. The van der Waals surface area contributed by atoms with Gasteiger partial charge in [-0.15, -0.1) is 0 Å². The van der Waals surface area contributed by atoms with E-state index in [4.69, 9.17) is 0 Å². The van der Waals surface area contributed by atoms with Gasteiger partial charge in [0.25, 0.3) is 0 Å². The first-order valence-corrected chi connectivity index (χ1v) is 8.01. The van der Waals surface area contributed by atoms with E-state index in [2.05, 4.69) is 9.88 Å². The lowest BCUT2D eigenvalue weighted by molar-refractivity contribution is -0.272. The van der Waals surface area contributed by atoms with Crippen LogP contribution in [0.25, 0.3) is 0 Å². The Morgan fingerprint density at radius 1 is 1.29 bits per heavy atom. The van der Waals surface area contributed by atoms with Crippen LogP contribution in [-0.2, 0) is 17.4 Å². The van der Waals surface area contributed by atoms with Crippen LogP contribution < -0.4 is 0 Å². The lowest BCUT2D eigenvalue weighted by Crippen LogP contribution is -2.53. The van der Waals surface area contributed by atoms with Crippen molar-refractivity contribution < 1.29 is 23.1 Å². The number of aryl methyl sites for hydroxylation is 1.